The van der Waals surface area contributed by atoms with Crippen molar-refractivity contribution in [3.8, 4) is 0 Å². The molecule has 0 spiro atoms. The molecule has 120 valence electrons. The Morgan fingerprint density at radius 1 is 1.23 bits per heavy atom. The van der Waals surface area contributed by atoms with Crippen molar-refractivity contribution < 1.29 is 4.79 Å². The molecule has 1 atom stereocenters. The second kappa shape index (κ2) is 8.39. The van der Waals surface area contributed by atoms with Crippen LogP contribution in [0, 0.1) is 6.92 Å². The molecule has 0 aromatic heterocycles. The first kappa shape index (κ1) is 17.1. The second-order valence-corrected chi connectivity index (χ2v) is 7.46. The summed E-state index contributed by atoms with van der Waals surface area (Å²) in [5.41, 5.74) is 6.68. The maximum Gasteiger partial charge on any atom is 0.251 e. The number of benzene rings is 1. The zero-order chi connectivity index (χ0) is 15.9. The molecule has 1 aromatic rings. The number of carbonyl (C=O) groups is 1. The van der Waals surface area contributed by atoms with Crippen molar-refractivity contribution in [1.29, 1.82) is 0 Å². The molecule has 0 bridgehead atoms. The van der Waals surface area contributed by atoms with Crippen LogP contribution in [0.25, 0.3) is 0 Å². The van der Waals surface area contributed by atoms with Crippen LogP contribution in [0.5, 0.6) is 0 Å². The van der Waals surface area contributed by atoms with E-state index in [4.69, 9.17) is 12.2 Å². The van der Waals surface area contributed by atoms with Gasteiger partial charge >= 0.3 is 0 Å². The first-order valence-electron chi connectivity index (χ1n) is 7.64. The molecule has 1 aromatic carbocycles. The number of hydrazine groups is 1. The summed E-state index contributed by atoms with van der Waals surface area (Å²) in [7, 11) is 0. The Balaban J connectivity index is 1.71. The molecule has 0 radical (unpaired) electrons. The van der Waals surface area contributed by atoms with Gasteiger partial charge in [0, 0.05) is 10.9 Å². The number of rotatable bonds is 4. The summed E-state index contributed by atoms with van der Waals surface area (Å²) >= 11 is 6.73. The van der Waals surface area contributed by atoms with Crippen LogP contribution >= 0.6 is 24.0 Å². The molecule has 1 amide bonds. The molecule has 1 saturated carbocycles. The molecule has 0 unspecified atom stereocenters. The number of amides is 1. The molecule has 4 nitrogen and oxygen atoms in total. The Labute approximate surface area is 141 Å². The minimum atomic E-state index is -0.190. The third-order valence-electron chi connectivity index (χ3n) is 3.69. The van der Waals surface area contributed by atoms with Gasteiger partial charge in [-0.15, -0.1) is 11.8 Å². The Hall–Kier alpha value is -1.27. The predicted molar refractivity (Wildman–Crippen MR) is 95.8 cm³/mol. The monoisotopic (exact) mass is 337 g/mol. The smallest absolute Gasteiger partial charge is 0.251 e. The molecule has 1 aliphatic rings. The van der Waals surface area contributed by atoms with E-state index in [1.54, 1.807) is 0 Å². The maximum absolute atomic E-state index is 12.1. The molecule has 0 heterocycles. The summed E-state index contributed by atoms with van der Waals surface area (Å²) in [6.07, 6.45) is 4.79. The van der Waals surface area contributed by atoms with Crippen LogP contribution in [0.15, 0.2) is 29.2 Å². The largest absolute Gasteiger partial charge is 0.359 e. The lowest BCUT2D eigenvalue weighted by atomic mass is 10.2. The normalized spacial score (nSPS) is 16.1. The van der Waals surface area contributed by atoms with Gasteiger partial charge in [-0.2, -0.15) is 0 Å². The first-order chi connectivity index (χ1) is 10.5. The molecule has 2 rings (SSSR count). The van der Waals surface area contributed by atoms with Gasteiger partial charge in [0.25, 0.3) is 5.91 Å². The van der Waals surface area contributed by atoms with Crippen LogP contribution in [0.4, 0.5) is 0 Å². The van der Waals surface area contributed by atoms with Crippen molar-refractivity contribution in [2.45, 2.75) is 55.7 Å². The minimum Gasteiger partial charge on any atom is -0.359 e. The molecule has 0 aliphatic heterocycles. The van der Waals surface area contributed by atoms with Gasteiger partial charge in [-0.1, -0.05) is 30.5 Å². The summed E-state index contributed by atoms with van der Waals surface area (Å²) in [6, 6.07) is 8.60. The van der Waals surface area contributed by atoms with Crippen molar-refractivity contribution >= 4 is 35.0 Å². The van der Waals surface area contributed by atoms with E-state index in [2.05, 4.69) is 16.2 Å². The van der Waals surface area contributed by atoms with E-state index in [9.17, 15) is 4.79 Å². The summed E-state index contributed by atoms with van der Waals surface area (Å²) in [4.78, 5) is 13.2. The second-order valence-electron chi connectivity index (χ2n) is 5.64. The van der Waals surface area contributed by atoms with Gasteiger partial charge in [-0.05, 0) is 51.0 Å². The van der Waals surface area contributed by atoms with Gasteiger partial charge in [0.2, 0.25) is 0 Å². The lowest BCUT2D eigenvalue weighted by Crippen LogP contribution is -2.50. The SMILES string of the molecule is Cc1ccc(S[C@@H](C)C(=O)NNC(=S)NC2CCCC2)cc1. The molecule has 22 heavy (non-hydrogen) atoms. The predicted octanol–water partition coefficient (Wildman–Crippen LogP) is 2.91. The Morgan fingerprint density at radius 3 is 2.50 bits per heavy atom. The summed E-state index contributed by atoms with van der Waals surface area (Å²) in [5, 5.41) is 3.53. The van der Waals surface area contributed by atoms with Crippen LogP contribution in [-0.2, 0) is 4.79 Å². The van der Waals surface area contributed by atoms with E-state index >= 15 is 0 Å². The lowest BCUT2D eigenvalue weighted by molar-refractivity contribution is -0.120. The maximum atomic E-state index is 12.1. The van der Waals surface area contributed by atoms with Crippen LogP contribution < -0.4 is 16.2 Å². The molecule has 1 fully saturated rings. The number of thioether (sulfide) groups is 1. The average molecular weight is 338 g/mol. The highest BCUT2D eigenvalue weighted by atomic mass is 32.2. The quantitative estimate of drug-likeness (QED) is 0.448. The van der Waals surface area contributed by atoms with E-state index in [-0.39, 0.29) is 11.2 Å². The number of hydrogen-bond acceptors (Lipinski definition) is 3. The molecule has 1 aliphatic carbocycles. The fourth-order valence-electron chi connectivity index (χ4n) is 2.39. The lowest BCUT2D eigenvalue weighted by Gasteiger charge is -2.17. The molecule has 6 heteroatoms. The van der Waals surface area contributed by atoms with Crippen LogP contribution in [0.1, 0.15) is 38.2 Å². The van der Waals surface area contributed by atoms with Gasteiger partial charge in [0.1, 0.15) is 0 Å². The fourth-order valence-corrected chi connectivity index (χ4v) is 3.47. The van der Waals surface area contributed by atoms with Gasteiger partial charge in [-0.3, -0.25) is 15.6 Å². The average Bonchev–Trinajstić information content (AvgIpc) is 3.00. The number of thiocarbonyl (C=S) groups is 1. The highest BCUT2D eigenvalue weighted by Crippen LogP contribution is 2.23. The molecule has 3 N–H and O–H groups in total. The van der Waals surface area contributed by atoms with Crippen molar-refractivity contribution in [3.05, 3.63) is 29.8 Å². The van der Waals surface area contributed by atoms with Gasteiger partial charge in [0.15, 0.2) is 5.11 Å². The zero-order valence-corrected chi connectivity index (χ0v) is 14.7. The van der Waals surface area contributed by atoms with Gasteiger partial charge in [-0.25, -0.2) is 0 Å². The van der Waals surface area contributed by atoms with E-state index in [0.29, 0.717) is 11.2 Å². The number of hydrogen-bond donors (Lipinski definition) is 3. The summed E-state index contributed by atoms with van der Waals surface area (Å²) in [5.74, 6) is -0.0823. The number of aryl methyl sites for hydroxylation is 1. The summed E-state index contributed by atoms with van der Waals surface area (Å²) in [6.45, 7) is 3.93. The van der Waals surface area contributed by atoms with Crippen LogP contribution in [0.2, 0.25) is 0 Å². The third-order valence-corrected chi connectivity index (χ3v) is 5.02. The fraction of sp³-hybridized carbons (Fsp3) is 0.500. The van der Waals surface area contributed by atoms with E-state index in [1.165, 1.54) is 30.2 Å². The Morgan fingerprint density at radius 2 is 1.86 bits per heavy atom. The van der Waals surface area contributed by atoms with Crippen molar-refractivity contribution in [3.63, 3.8) is 0 Å². The molecular weight excluding hydrogens is 314 g/mol. The molecule has 0 saturated heterocycles. The summed E-state index contributed by atoms with van der Waals surface area (Å²) < 4.78 is 0. The van der Waals surface area contributed by atoms with Gasteiger partial charge < -0.3 is 5.32 Å². The van der Waals surface area contributed by atoms with Crippen molar-refractivity contribution in [2.24, 2.45) is 0 Å². The van der Waals surface area contributed by atoms with E-state index in [0.717, 1.165) is 17.7 Å². The van der Waals surface area contributed by atoms with Crippen LogP contribution in [-0.4, -0.2) is 22.3 Å². The minimum absolute atomic E-state index is 0.0823. The van der Waals surface area contributed by atoms with E-state index in [1.807, 2.05) is 38.1 Å². The van der Waals surface area contributed by atoms with Crippen molar-refractivity contribution in [2.75, 3.05) is 0 Å². The number of carbonyl (C=O) groups excluding carboxylic acids is 1. The van der Waals surface area contributed by atoms with Gasteiger partial charge in [0.05, 0.1) is 5.25 Å². The first-order valence-corrected chi connectivity index (χ1v) is 8.93. The highest BCUT2D eigenvalue weighted by Gasteiger charge is 2.17. The standard InChI is InChI=1S/C16H23N3OS2/c1-11-7-9-14(10-8-11)22-12(2)15(20)18-19-16(21)17-13-5-3-4-6-13/h7-10,12-13H,3-6H2,1-2H3,(H,18,20)(H2,17,19,21)/t12-/m0/s1. The van der Waals surface area contributed by atoms with E-state index < -0.39 is 0 Å². The Kier molecular flexibility index (Phi) is 6.51. The topological polar surface area (TPSA) is 53.2 Å². The highest BCUT2D eigenvalue weighted by molar-refractivity contribution is 8.00. The van der Waals surface area contributed by atoms with Crippen LogP contribution in [0.3, 0.4) is 0 Å². The van der Waals surface area contributed by atoms with Crippen molar-refractivity contribution in [1.82, 2.24) is 16.2 Å². The molecular formula is C16H23N3OS2. The zero-order valence-electron chi connectivity index (χ0n) is 13.0. The Bertz CT molecular complexity index is 513. The number of nitrogens with one attached hydrogen (secondary N) is 3. The third kappa shape index (κ3) is 5.50.